The Morgan fingerprint density at radius 1 is 0.944 bits per heavy atom. The van der Waals surface area contributed by atoms with Gasteiger partial charge in [0, 0.05) is 29.3 Å². The van der Waals surface area contributed by atoms with Crippen molar-refractivity contribution < 1.29 is 18.6 Å². The highest BCUT2D eigenvalue weighted by Crippen LogP contribution is 2.50. The number of fused-ring (bicyclic) bond motifs is 3. The van der Waals surface area contributed by atoms with Crippen molar-refractivity contribution in [1.29, 1.82) is 0 Å². The number of benzene rings is 4. The third kappa shape index (κ3) is 3.63. The van der Waals surface area contributed by atoms with Crippen LogP contribution in [0.4, 0.5) is 15.9 Å². The first-order chi connectivity index (χ1) is 17.5. The fourth-order valence-electron chi connectivity index (χ4n) is 4.80. The molecule has 2 unspecified atom stereocenters. The lowest BCUT2D eigenvalue weighted by Gasteiger charge is -2.43. The minimum atomic E-state index is -0.681. The second-order valence-corrected chi connectivity index (χ2v) is 8.67. The Morgan fingerprint density at radius 3 is 2.36 bits per heavy atom. The molecule has 0 bridgehead atoms. The Balaban J connectivity index is 1.62. The van der Waals surface area contributed by atoms with Gasteiger partial charge in [-0.25, -0.2) is 4.39 Å². The first-order valence-electron chi connectivity index (χ1n) is 11.4. The number of ether oxygens (including phenoxy) is 1. The highest BCUT2D eigenvalue weighted by Gasteiger charge is 2.40. The molecule has 0 aliphatic carbocycles. The molecule has 0 saturated carbocycles. The monoisotopic (exact) mass is 481 g/mol. The second-order valence-electron chi connectivity index (χ2n) is 8.67. The maximum Gasteiger partial charge on any atom is 0.269 e. The Hall–Kier alpha value is -4.72. The van der Waals surface area contributed by atoms with Gasteiger partial charge in [-0.15, -0.1) is 0 Å². The van der Waals surface area contributed by atoms with Crippen molar-refractivity contribution in [2.75, 3.05) is 4.90 Å². The number of rotatable bonds is 4. The maximum absolute atomic E-state index is 14.0. The van der Waals surface area contributed by atoms with Gasteiger partial charge >= 0.3 is 0 Å². The van der Waals surface area contributed by atoms with Crippen molar-refractivity contribution in [3.8, 4) is 5.75 Å². The number of aryl methyl sites for hydroxylation is 1. The molecule has 0 radical (unpaired) electrons. The van der Waals surface area contributed by atoms with E-state index in [1.165, 1.54) is 24.3 Å². The molecule has 36 heavy (non-hydrogen) atoms. The van der Waals surface area contributed by atoms with Crippen LogP contribution < -0.4 is 9.64 Å². The van der Waals surface area contributed by atoms with E-state index in [-0.39, 0.29) is 11.5 Å². The van der Waals surface area contributed by atoms with Crippen molar-refractivity contribution in [1.82, 2.24) is 5.16 Å². The fraction of sp³-hybridized carbons (Fsp3) is 0.107. The standard InChI is InChI=1S/C28H20FN3O4/c1-17-16-25(30-36-17)31-27(19-6-11-21(29)12-7-19)26-23-5-3-2-4-18(23)10-15-24(26)35-28(31)20-8-13-22(14-9-20)32(33)34/h2-16,27-28H,1H3. The van der Waals surface area contributed by atoms with Crippen molar-refractivity contribution in [2.45, 2.75) is 19.2 Å². The van der Waals surface area contributed by atoms with Crippen molar-refractivity contribution in [3.63, 3.8) is 0 Å². The molecule has 178 valence electrons. The van der Waals surface area contributed by atoms with Crippen LogP contribution in [-0.2, 0) is 0 Å². The van der Waals surface area contributed by atoms with Crippen LogP contribution in [0.15, 0.2) is 95.5 Å². The largest absolute Gasteiger partial charge is 0.466 e. The molecular weight excluding hydrogens is 461 g/mol. The van der Waals surface area contributed by atoms with Gasteiger partial charge in [0.25, 0.3) is 5.69 Å². The molecule has 0 saturated heterocycles. The van der Waals surface area contributed by atoms with Crippen LogP contribution in [0.2, 0.25) is 0 Å². The van der Waals surface area contributed by atoms with E-state index in [1.807, 2.05) is 47.4 Å². The Labute approximate surface area is 205 Å². The van der Waals surface area contributed by atoms with E-state index >= 15 is 0 Å². The maximum atomic E-state index is 14.0. The number of nitrogens with zero attached hydrogens (tertiary/aromatic N) is 3. The van der Waals surface area contributed by atoms with Gasteiger partial charge in [0.05, 0.1) is 11.0 Å². The van der Waals surface area contributed by atoms with E-state index in [9.17, 15) is 14.5 Å². The lowest BCUT2D eigenvalue weighted by atomic mass is 9.89. The summed E-state index contributed by atoms with van der Waals surface area (Å²) in [5.41, 5.74) is 2.44. The van der Waals surface area contributed by atoms with E-state index < -0.39 is 17.2 Å². The first kappa shape index (κ1) is 21.8. The number of anilines is 1. The molecule has 6 rings (SSSR count). The first-order valence-corrected chi connectivity index (χ1v) is 11.4. The minimum absolute atomic E-state index is 0.0140. The van der Waals surface area contributed by atoms with E-state index in [0.717, 1.165) is 21.9 Å². The third-order valence-electron chi connectivity index (χ3n) is 6.43. The lowest BCUT2D eigenvalue weighted by Crippen LogP contribution is -2.40. The number of halogens is 1. The highest BCUT2D eigenvalue weighted by atomic mass is 19.1. The SMILES string of the molecule is Cc1cc(N2C(c3ccc([N+](=O)[O-])cc3)Oc3ccc4ccccc4c3C2c2ccc(F)cc2)no1. The van der Waals surface area contributed by atoms with E-state index in [2.05, 4.69) is 5.16 Å². The molecule has 4 aromatic carbocycles. The molecule has 5 aromatic rings. The van der Waals surface area contributed by atoms with E-state index in [0.29, 0.717) is 22.9 Å². The van der Waals surface area contributed by atoms with Gasteiger partial charge in [0.2, 0.25) is 6.23 Å². The summed E-state index contributed by atoms with van der Waals surface area (Å²) in [4.78, 5) is 12.8. The molecule has 2 atom stereocenters. The number of nitro benzene ring substituents is 1. The summed E-state index contributed by atoms with van der Waals surface area (Å²) in [5.74, 6) is 1.49. The van der Waals surface area contributed by atoms with Crippen LogP contribution in [0.25, 0.3) is 10.8 Å². The van der Waals surface area contributed by atoms with Crippen LogP contribution >= 0.6 is 0 Å². The average molecular weight is 481 g/mol. The molecule has 0 amide bonds. The smallest absolute Gasteiger partial charge is 0.269 e. The Kier molecular flexibility index (Phi) is 5.14. The molecule has 1 aliphatic rings. The summed E-state index contributed by atoms with van der Waals surface area (Å²) < 4.78 is 26.0. The molecule has 8 heteroatoms. The Morgan fingerprint density at radius 2 is 1.67 bits per heavy atom. The van der Waals surface area contributed by atoms with Gasteiger partial charge in [-0.1, -0.05) is 47.6 Å². The third-order valence-corrected chi connectivity index (χ3v) is 6.43. The normalized spacial score (nSPS) is 17.0. The summed E-state index contributed by atoms with van der Waals surface area (Å²) in [6.07, 6.45) is -0.681. The fourth-order valence-corrected chi connectivity index (χ4v) is 4.80. The van der Waals surface area contributed by atoms with Crippen LogP contribution in [0.5, 0.6) is 5.75 Å². The van der Waals surface area contributed by atoms with Crippen molar-refractivity contribution in [3.05, 3.63) is 129 Å². The zero-order valence-corrected chi connectivity index (χ0v) is 19.2. The number of nitro groups is 1. The van der Waals surface area contributed by atoms with E-state index in [1.54, 1.807) is 31.2 Å². The van der Waals surface area contributed by atoms with Gasteiger partial charge in [-0.2, -0.15) is 0 Å². The quantitative estimate of drug-likeness (QED) is 0.206. The molecule has 1 aromatic heterocycles. The molecule has 0 fully saturated rings. The summed E-state index contributed by atoms with van der Waals surface area (Å²) in [5, 5.41) is 17.6. The molecule has 1 aliphatic heterocycles. The van der Waals surface area contributed by atoms with Gasteiger partial charge in [-0.3, -0.25) is 10.1 Å². The van der Waals surface area contributed by atoms with Crippen molar-refractivity contribution in [2.24, 2.45) is 0 Å². The molecule has 7 nitrogen and oxygen atoms in total. The van der Waals surface area contributed by atoms with Gasteiger partial charge in [0.1, 0.15) is 17.3 Å². The van der Waals surface area contributed by atoms with E-state index in [4.69, 9.17) is 9.26 Å². The molecule has 0 spiro atoms. The number of aromatic nitrogens is 1. The van der Waals surface area contributed by atoms with Crippen LogP contribution in [0, 0.1) is 22.9 Å². The van der Waals surface area contributed by atoms with Crippen LogP contribution in [0.1, 0.15) is 34.7 Å². The van der Waals surface area contributed by atoms with Gasteiger partial charge in [0.15, 0.2) is 5.82 Å². The summed E-state index contributed by atoms with van der Waals surface area (Å²) in [7, 11) is 0. The van der Waals surface area contributed by atoms with Crippen LogP contribution in [0.3, 0.4) is 0 Å². The topological polar surface area (TPSA) is 81.6 Å². The predicted molar refractivity (Wildman–Crippen MR) is 132 cm³/mol. The number of non-ortho nitro benzene ring substituents is 1. The molecule has 2 heterocycles. The number of hydrogen-bond acceptors (Lipinski definition) is 6. The van der Waals surface area contributed by atoms with Gasteiger partial charge in [-0.05, 0) is 53.6 Å². The van der Waals surface area contributed by atoms with Gasteiger partial charge < -0.3 is 14.2 Å². The average Bonchev–Trinajstić information content (AvgIpc) is 3.33. The number of hydrogen-bond donors (Lipinski definition) is 0. The minimum Gasteiger partial charge on any atom is -0.466 e. The lowest BCUT2D eigenvalue weighted by molar-refractivity contribution is -0.384. The predicted octanol–water partition coefficient (Wildman–Crippen LogP) is 6.87. The van der Waals surface area contributed by atoms with Crippen LogP contribution in [-0.4, -0.2) is 10.1 Å². The summed E-state index contributed by atoms with van der Waals surface area (Å²) in [6, 6.07) is 26.0. The Bertz CT molecular complexity index is 1580. The second kappa shape index (κ2) is 8.49. The van der Waals surface area contributed by atoms with Crippen molar-refractivity contribution >= 4 is 22.3 Å². The highest BCUT2D eigenvalue weighted by molar-refractivity contribution is 5.89. The summed E-state index contributed by atoms with van der Waals surface area (Å²) >= 11 is 0. The summed E-state index contributed by atoms with van der Waals surface area (Å²) in [6.45, 7) is 1.80. The zero-order valence-electron chi connectivity index (χ0n) is 19.2. The zero-order chi connectivity index (χ0) is 24.8. The molecular formula is C28H20FN3O4. The molecule has 0 N–H and O–H groups in total.